The monoisotopic (exact) mass is 256 g/mol. The Bertz CT molecular complexity index is 330. The maximum atomic E-state index is 11.9. The summed E-state index contributed by atoms with van der Waals surface area (Å²) in [5.41, 5.74) is 0. The van der Waals surface area contributed by atoms with Gasteiger partial charge in [-0.2, -0.15) is 0 Å². The molecule has 1 aliphatic heterocycles. The van der Waals surface area contributed by atoms with Gasteiger partial charge < -0.3 is 15.7 Å². The fourth-order valence-electron chi connectivity index (χ4n) is 1.99. The molecule has 0 aliphatic carbocycles. The van der Waals surface area contributed by atoms with Crippen molar-refractivity contribution in [2.24, 2.45) is 0 Å². The van der Waals surface area contributed by atoms with E-state index in [1.54, 1.807) is 0 Å². The highest BCUT2D eigenvalue weighted by Crippen LogP contribution is 2.10. The van der Waals surface area contributed by atoms with Crippen LogP contribution in [0, 0.1) is 0 Å². The molecule has 3 N–H and O–H groups in total. The molecule has 102 valence electrons. The van der Waals surface area contributed by atoms with Gasteiger partial charge >= 0.3 is 5.97 Å². The third kappa shape index (κ3) is 4.35. The molecule has 0 aromatic rings. The van der Waals surface area contributed by atoms with Crippen molar-refractivity contribution in [3.05, 3.63) is 0 Å². The summed E-state index contributed by atoms with van der Waals surface area (Å²) in [6.07, 6.45) is 3.63. The Kier molecular flexibility index (Phi) is 5.61. The Labute approximate surface area is 106 Å². The molecule has 2 amide bonds. The molecule has 1 saturated heterocycles. The molecular formula is C12H20N2O4. The predicted molar refractivity (Wildman–Crippen MR) is 64.9 cm³/mol. The van der Waals surface area contributed by atoms with Crippen LogP contribution in [0.4, 0.5) is 0 Å². The van der Waals surface area contributed by atoms with Gasteiger partial charge in [-0.15, -0.1) is 0 Å². The normalized spacial score (nSPS) is 21.6. The number of amides is 2. The molecule has 2 unspecified atom stereocenters. The number of carbonyl (C=O) groups is 3. The summed E-state index contributed by atoms with van der Waals surface area (Å²) in [6, 6.07) is -1.47. The number of carbonyl (C=O) groups excluding carboxylic acids is 2. The highest BCUT2D eigenvalue weighted by atomic mass is 16.4. The minimum absolute atomic E-state index is 0.144. The topological polar surface area (TPSA) is 95.5 Å². The number of hydrogen-bond donors (Lipinski definition) is 3. The summed E-state index contributed by atoms with van der Waals surface area (Å²) in [5, 5.41) is 14.1. The van der Waals surface area contributed by atoms with E-state index in [-0.39, 0.29) is 5.91 Å². The molecule has 18 heavy (non-hydrogen) atoms. The zero-order valence-corrected chi connectivity index (χ0v) is 10.6. The summed E-state index contributed by atoms with van der Waals surface area (Å²) in [5.74, 6) is -1.58. The lowest BCUT2D eigenvalue weighted by atomic mass is 10.1. The van der Waals surface area contributed by atoms with Gasteiger partial charge in [0.2, 0.25) is 11.8 Å². The summed E-state index contributed by atoms with van der Waals surface area (Å²) in [6.45, 7) is 1.86. The van der Waals surface area contributed by atoms with Gasteiger partial charge in [-0.25, -0.2) is 4.79 Å². The number of rotatable bonds is 5. The van der Waals surface area contributed by atoms with E-state index in [1.165, 1.54) is 0 Å². The summed E-state index contributed by atoms with van der Waals surface area (Å²) >= 11 is 0. The zero-order chi connectivity index (χ0) is 13.5. The van der Waals surface area contributed by atoms with Crippen LogP contribution >= 0.6 is 0 Å². The van der Waals surface area contributed by atoms with Crippen LogP contribution in [-0.4, -0.2) is 35.0 Å². The first-order valence-corrected chi connectivity index (χ1v) is 6.37. The standard InChI is InChI=1S/C12H20N2O4/c1-2-5-9(12(17)18)14-11(16)8-6-3-4-7-10(15)13-8/h8-9H,2-7H2,1H3,(H,13,15)(H,14,16)(H,17,18). The lowest BCUT2D eigenvalue weighted by molar-refractivity contribution is -0.142. The van der Waals surface area contributed by atoms with E-state index in [0.717, 1.165) is 12.8 Å². The van der Waals surface area contributed by atoms with Crippen molar-refractivity contribution in [1.29, 1.82) is 0 Å². The molecule has 0 aromatic carbocycles. The second kappa shape index (κ2) is 6.98. The Morgan fingerprint density at radius 1 is 1.50 bits per heavy atom. The van der Waals surface area contributed by atoms with Gasteiger partial charge in [0.25, 0.3) is 0 Å². The van der Waals surface area contributed by atoms with Crippen molar-refractivity contribution in [2.75, 3.05) is 0 Å². The molecule has 1 rings (SSSR count). The quantitative estimate of drug-likeness (QED) is 0.664. The molecule has 0 radical (unpaired) electrons. The highest BCUT2D eigenvalue weighted by Gasteiger charge is 2.26. The maximum Gasteiger partial charge on any atom is 0.326 e. The second-order valence-electron chi connectivity index (χ2n) is 4.55. The molecular weight excluding hydrogens is 236 g/mol. The smallest absolute Gasteiger partial charge is 0.326 e. The average Bonchev–Trinajstić information content (AvgIpc) is 2.53. The Hall–Kier alpha value is -1.59. The fourth-order valence-corrected chi connectivity index (χ4v) is 1.99. The molecule has 1 fully saturated rings. The van der Waals surface area contributed by atoms with Crippen molar-refractivity contribution in [2.45, 2.75) is 57.5 Å². The highest BCUT2D eigenvalue weighted by molar-refractivity contribution is 5.90. The molecule has 6 nitrogen and oxygen atoms in total. The maximum absolute atomic E-state index is 11.9. The number of nitrogens with one attached hydrogen (secondary N) is 2. The van der Waals surface area contributed by atoms with Crippen LogP contribution in [0.2, 0.25) is 0 Å². The molecule has 0 spiro atoms. The van der Waals surface area contributed by atoms with Gasteiger partial charge in [-0.05, 0) is 19.3 Å². The van der Waals surface area contributed by atoms with E-state index in [1.807, 2.05) is 6.92 Å². The van der Waals surface area contributed by atoms with Gasteiger partial charge in [-0.1, -0.05) is 19.8 Å². The predicted octanol–water partition coefficient (Wildman–Crippen LogP) is 0.415. The first kappa shape index (κ1) is 14.5. The van der Waals surface area contributed by atoms with E-state index in [4.69, 9.17) is 5.11 Å². The summed E-state index contributed by atoms with van der Waals surface area (Å²) in [4.78, 5) is 34.2. The molecule has 0 saturated carbocycles. The number of carboxylic acid groups (broad SMARTS) is 1. The van der Waals surface area contributed by atoms with Gasteiger partial charge in [0.1, 0.15) is 12.1 Å². The number of hydrogen-bond acceptors (Lipinski definition) is 3. The lowest BCUT2D eigenvalue weighted by Gasteiger charge is -2.19. The van der Waals surface area contributed by atoms with E-state index in [9.17, 15) is 14.4 Å². The van der Waals surface area contributed by atoms with Gasteiger partial charge in [0.15, 0.2) is 0 Å². The van der Waals surface area contributed by atoms with Crippen LogP contribution in [0.1, 0.15) is 45.4 Å². The third-order valence-electron chi connectivity index (χ3n) is 2.99. The van der Waals surface area contributed by atoms with Crippen LogP contribution in [0.25, 0.3) is 0 Å². The average molecular weight is 256 g/mol. The van der Waals surface area contributed by atoms with Crippen molar-refractivity contribution in [3.8, 4) is 0 Å². The number of carboxylic acids is 1. The van der Waals surface area contributed by atoms with Crippen molar-refractivity contribution in [1.82, 2.24) is 10.6 Å². The van der Waals surface area contributed by atoms with Crippen LogP contribution in [0.15, 0.2) is 0 Å². The van der Waals surface area contributed by atoms with Gasteiger partial charge in [0, 0.05) is 6.42 Å². The number of aliphatic carboxylic acids is 1. The third-order valence-corrected chi connectivity index (χ3v) is 2.99. The first-order chi connectivity index (χ1) is 8.54. The molecule has 0 aromatic heterocycles. The van der Waals surface area contributed by atoms with Crippen LogP contribution in [0.3, 0.4) is 0 Å². The van der Waals surface area contributed by atoms with Gasteiger partial charge in [0.05, 0.1) is 0 Å². The Morgan fingerprint density at radius 3 is 2.83 bits per heavy atom. The minimum atomic E-state index is -1.04. The summed E-state index contributed by atoms with van der Waals surface area (Å²) < 4.78 is 0. The minimum Gasteiger partial charge on any atom is -0.480 e. The van der Waals surface area contributed by atoms with Crippen molar-refractivity contribution < 1.29 is 19.5 Å². The molecule has 0 bridgehead atoms. The van der Waals surface area contributed by atoms with Crippen LogP contribution in [-0.2, 0) is 14.4 Å². The zero-order valence-electron chi connectivity index (χ0n) is 10.6. The molecule has 2 atom stereocenters. The summed E-state index contributed by atoms with van der Waals surface area (Å²) in [7, 11) is 0. The van der Waals surface area contributed by atoms with E-state index >= 15 is 0 Å². The van der Waals surface area contributed by atoms with E-state index in [0.29, 0.717) is 25.7 Å². The SMILES string of the molecule is CCCC(NC(=O)C1CCCCC(=O)N1)C(=O)O. The van der Waals surface area contributed by atoms with E-state index in [2.05, 4.69) is 10.6 Å². The van der Waals surface area contributed by atoms with Crippen LogP contribution in [0.5, 0.6) is 0 Å². The van der Waals surface area contributed by atoms with Crippen molar-refractivity contribution >= 4 is 17.8 Å². The van der Waals surface area contributed by atoms with E-state index < -0.39 is 24.0 Å². The molecule has 6 heteroatoms. The molecule has 1 aliphatic rings. The lowest BCUT2D eigenvalue weighted by Crippen LogP contribution is -2.50. The van der Waals surface area contributed by atoms with Crippen LogP contribution < -0.4 is 10.6 Å². The fraction of sp³-hybridized carbons (Fsp3) is 0.750. The first-order valence-electron chi connectivity index (χ1n) is 6.37. The Morgan fingerprint density at radius 2 is 2.22 bits per heavy atom. The second-order valence-corrected chi connectivity index (χ2v) is 4.55. The van der Waals surface area contributed by atoms with Gasteiger partial charge in [-0.3, -0.25) is 9.59 Å². The largest absolute Gasteiger partial charge is 0.480 e. The Balaban J connectivity index is 2.56. The van der Waals surface area contributed by atoms with Crippen molar-refractivity contribution in [3.63, 3.8) is 0 Å². The molecule has 1 heterocycles.